The fourth-order valence-electron chi connectivity index (χ4n) is 1.48. The minimum atomic E-state index is -0.791. The van der Waals surface area contributed by atoms with E-state index in [0.29, 0.717) is 11.4 Å². The third kappa shape index (κ3) is 4.52. The van der Waals surface area contributed by atoms with E-state index in [1.807, 2.05) is 0 Å². The van der Waals surface area contributed by atoms with Crippen LogP contribution in [0.25, 0.3) is 0 Å². The van der Waals surface area contributed by atoms with Crippen molar-refractivity contribution in [1.29, 1.82) is 0 Å². The average molecular weight is 318 g/mol. The zero-order valence-electron chi connectivity index (χ0n) is 12.4. The monoisotopic (exact) mass is 318 g/mol. The minimum Gasteiger partial charge on any atom is -0.481 e. The first kappa shape index (κ1) is 15.9. The summed E-state index contributed by atoms with van der Waals surface area (Å²) in [7, 11) is 2.92. The van der Waals surface area contributed by atoms with E-state index < -0.39 is 6.03 Å². The van der Waals surface area contributed by atoms with Gasteiger partial charge in [-0.2, -0.15) is 15.1 Å². The lowest BCUT2D eigenvalue weighted by Gasteiger charge is -2.08. The lowest BCUT2D eigenvalue weighted by molar-refractivity contribution is 0.249. The molecule has 0 unspecified atom stereocenters. The van der Waals surface area contributed by atoms with Crippen LogP contribution < -0.4 is 25.4 Å². The Bertz CT molecular complexity index is 699. The Hall–Kier alpha value is -3.43. The zero-order chi connectivity index (χ0) is 16.7. The molecule has 120 valence electrons. The Morgan fingerprint density at radius 1 is 1.30 bits per heavy atom. The van der Waals surface area contributed by atoms with Crippen molar-refractivity contribution in [2.75, 3.05) is 14.2 Å². The molecule has 10 nitrogen and oxygen atoms in total. The van der Waals surface area contributed by atoms with Crippen molar-refractivity contribution in [3.63, 3.8) is 0 Å². The normalized spacial score (nSPS) is 10.3. The molecule has 0 spiro atoms. The zero-order valence-corrected chi connectivity index (χ0v) is 12.4. The number of carbonyl (C=O) groups is 1. The Balaban J connectivity index is 2.26. The summed E-state index contributed by atoms with van der Waals surface area (Å²) < 4.78 is 15.7. The van der Waals surface area contributed by atoms with E-state index in [1.165, 1.54) is 32.7 Å². The Kier molecular flexibility index (Phi) is 5.23. The number of aromatic nitrogens is 3. The van der Waals surface area contributed by atoms with Crippen molar-refractivity contribution in [2.45, 2.75) is 0 Å². The molecule has 0 atom stereocenters. The lowest BCUT2D eigenvalue weighted by atomic mass is 10.3. The number of ether oxygens (including phenoxy) is 3. The van der Waals surface area contributed by atoms with E-state index in [2.05, 4.69) is 25.5 Å². The molecule has 0 saturated heterocycles. The number of amides is 2. The van der Waals surface area contributed by atoms with Crippen LogP contribution in [0, 0.1) is 0 Å². The molecule has 2 rings (SSSR count). The third-order valence-electron chi connectivity index (χ3n) is 2.44. The van der Waals surface area contributed by atoms with Gasteiger partial charge < -0.3 is 19.9 Å². The average Bonchev–Trinajstić information content (AvgIpc) is 2.55. The molecule has 2 amide bonds. The van der Waals surface area contributed by atoms with Crippen LogP contribution >= 0.6 is 0 Å². The minimum absolute atomic E-state index is 0.00621. The van der Waals surface area contributed by atoms with Gasteiger partial charge in [0.2, 0.25) is 11.8 Å². The molecule has 10 heteroatoms. The Morgan fingerprint density at radius 2 is 2.00 bits per heavy atom. The number of primary amides is 1. The molecule has 0 aliphatic carbocycles. The van der Waals surface area contributed by atoms with Crippen molar-refractivity contribution in [1.82, 2.24) is 20.4 Å². The molecule has 0 bridgehead atoms. The summed E-state index contributed by atoms with van der Waals surface area (Å²) in [6.45, 7) is 0. The van der Waals surface area contributed by atoms with Crippen LogP contribution in [-0.2, 0) is 0 Å². The summed E-state index contributed by atoms with van der Waals surface area (Å²) in [6.07, 6.45) is 2.81. The number of hydrogen-bond donors (Lipinski definition) is 2. The molecule has 3 N–H and O–H groups in total. The van der Waals surface area contributed by atoms with Gasteiger partial charge >= 0.3 is 12.0 Å². The van der Waals surface area contributed by atoms with Gasteiger partial charge in [-0.3, -0.25) is 4.98 Å². The van der Waals surface area contributed by atoms with Crippen LogP contribution in [-0.4, -0.2) is 41.4 Å². The van der Waals surface area contributed by atoms with E-state index in [4.69, 9.17) is 19.9 Å². The predicted octanol–water partition coefficient (Wildman–Crippen LogP) is 0.683. The van der Waals surface area contributed by atoms with Gasteiger partial charge in [-0.15, -0.1) is 0 Å². The summed E-state index contributed by atoms with van der Waals surface area (Å²) in [5, 5.41) is 3.63. The SMILES string of the molecule is COc1cc(OC)nc(Oc2cccnc2/C=N/NC(N)=O)n1. The summed E-state index contributed by atoms with van der Waals surface area (Å²) in [5.41, 5.74) is 7.32. The number of methoxy groups -OCH3 is 2. The third-order valence-corrected chi connectivity index (χ3v) is 2.44. The first-order chi connectivity index (χ1) is 11.1. The maximum absolute atomic E-state index is 10.6. The fraction of sp³-hybridized carbons (Fsp3) is 0.154. The summed E-state index contributed by atoms with van der Waals surface area (Å²) in [6, 6.07) is 4.02. The highest BCUT2D eigenvalue weighted by atomic mass is 16.5. The molecule has 0 aliphatic rings. The van der Waals surface area contributed by atoms with Crippen LogP contribution in [0.2, 0.25) is 0 Å². The maximum atomic E-state index is 10.6. The first-order valence-electron chi connectivity index (χ1n) is 6.31. The topological polar surface area (TPSA) is 134 Å². The van der Waals surface area contributed by atoms with E-state index in [0.717, 1.165) is 0 Å². The van der Waals surface area contributed by atoms with Gasteiger partial charge in [-0.25, -0.2) is 10.2 Å². The highest BCUT2D eigenvalue weighted by Gasteiger charge is 2.10. The summed E-state index contributed by atoms with van der Waals surface area (Å²) in [4.78, 5) is 22.8. The second-order valence-electron chi connectivity index (χ2n) is 3.96. The van der Waals surface area contributed by atoms with Crippen LogP contribution in [0.1, 0.15) is 5.69 Å². The van der Waals surface area contributed by atoms with Crippen LogP contribution in [0.3, 0.4) is 0 Å². The molecule has 0 aliphatic heterocycles. The van der Waals surface area contributed by atoms with Gasteiger partial charge in [0, 0.05) is 6.20 Å². The van der Waals surface area contributed by atoms with Crippen LogP contribution in [0.4, 0.5) is 4.79 Å². The Labute approximate surface area is 131 Å². The molecular formula is C13H14N6O4. The molecule has 0 radical (unpaired) electrons. The van der Waals surface area contributed by atoms with Crippen molar-refractivity contribution in [2.24, 2.45) is 10.8 Å². The van der Waals surface area contributed by atoms with Crippen LogP contribution in [0.5, 0.6) is 23.5 Å². The number of nitrogens with one attached hydrogen (secondary N) is 1. The predicted molar refractivity (Wildman–Crippen MR) is 79.8 cm³/mol. The van der Waals surface area contributed by atoms with Crippen molar-refractivity contribution < 1.29 is 19.0 Å². The fourth-order valence-corrected chi connectivity index (χ4v) is 1.48. The standard InChI is InChI=1S/C13H14N6O4/c1-21-10-6-11(22-2)18-13(17-10)23-9-4-3-5-15-8(9)7-16-19-12(14)20/h3-7H,1-2H3,(H3,14,19,20)/b16-7+. The number of urea groups is 1. The van der Waals surface area contributed by atoms with Gasteiger partial charge in [0.25, 0.3) is 0 Å². The highest BCUT2D eigenvalue weighted by Crippen LogP contribution is 2.24. The first-order valence-corrected chi connectivity index (χ1v) is 6.31. The van der Waals surface area contributed by atoms with Gasteiger partial charge in [0.1, 0.15) is 5.69 Å². The Morgan fingerprint density at radius 3 is 2.61 bits per heavy atom. The van der Waals surface area contributed by atoms with Crippen molar-refractivity contribution in [3.05, 3.63) is 30.1 Å². The van der Waals surface area contributed by atoms with Crippen LogP contribution in [0.15, 0.2) is 29.5 Å². The second-order valence-corrected chi connectivity index (χ2v) is 3.96. The lowest BCUT2D eigenvalue weighted by Crippen LogP contribution is -2.24. The number of carbonyl (C=O) groups excluding carboxylic acids is 1. The number of nitrogens with zero attached hydrogens (tertiary/aromatic N) is 4. The molecule has 0 aromatic carbocycles. The van der Waals surface area contributed by atoms with E-state index in [9.17, 15) is 4.79 Å². The molecule has 23 heavy (non-hydrogen) atoms. The van der Waals surface area contributed by atoms with Gasteiger partial charge in [0.15, 0.2) is 5.75 Å². The molecule has 0 saturated carbocycles. The molecule has 2 aromatic heterocycles. The van der Waals surface area contributed by atoms with Gasteiger partial charge in [0.05, 0.1) is 26.5 Å². The summed E-state index contributed by atoms with van der Waals surface area (Å²) in [5.74, 6) is 0.875. The molecule has 2 aromatic rings. The number of nitrogens with two attached hydrogens (primary N) is 1. The number of pyridine rings is 1. The number of hydrazone groups is 1. The largest absolute Gasteiger partial charge is 0.481 e. The molecular weight excluding hydrogens is 304 g/mol. The van der Waals surface area contributed by atoms with Gasteiger partial charge in [-0.1, -0.05) is 0 Å². The van der Waals surface area contributed by atoms with Gasteiger partial charge in [-0.05, 0) is 12.1 Å². The highest BCUT2D eigenvalue weighted by molar-refractivity contribution is 5.82. The molecule has 0 fully saturated rings. The van der Waals surface area contributed by atoms with E-state index in [-0.39, 0.29) is 17.8 Å². The van der Waals surface area contributed by atoms with Crippen molar-refractivity contribution >= 4 is 12.2 Å². The number of hydrogen-bond acceptors (Lipinski definition) is 8. The summed E-state index contributed by atoms with van der Waals surface area (Å²) >= 11 is 0. The quantitative estimate of drug-likeness (QED) is 0.591. The van der Waals surface area contributed by atoms with Crippen molar-refractivity contribution in [3.8, 4) is 23.5 Å². The number of rotatable bonds is 6. The van der Waals surface area contributed by atoms with E-state index >= 15 is 0 Å². The second kappa shape index (κ2) is 7.54. The smallest absolute Gasteiger partial charge is 0.332 e. The van der Waals surface area contributed by atoms with E-state index in [1.54, 1.807) is 12.1 Å². The maximum Gasteiger partial charge on any atom is 0.332 e. The molecule has 2 heterocycles.